The number of rotatable bonds is 5. The average Bonchev–Trinajstić information content (AvgIpc) is 2.75. The third-order valence-electron chi connectivity index (χ3n) is 7.05. The molecule has 32 heavy (non-hydrogen) atoms. The number of nitrogens with one attached hydrogen (secondary N) is 1. The minimum Gasteiger partial charge on any atom is -0.347 e. The number of nitriles is 1. The van der Waals surface area contributed by atoms with Crippen molar-refractivity contribution < 1.29 is 9.59 Å². The lowest BCUT2D eigenvalue weighted by Gasteiger charge is -2.52. The van der Waals surface area contributed by atoms with Crippen molar-refractivity contribution in [2.75, 3.05) is 13.1 Å². The zero-order chi connectivity index (χ0) is 23.6. The van der Waals surface area contributed by atoms with Crippen LogP contribution in [0.25, 0.3) is 0 Å². The zero-order valence-electron chi connectivity index (χ0n) is 19.7. The van der Waals surface area contributed by atoms with Crippen molar-refractivity contribution in [2.45, 2.75) is 58.4 Å². The SMILES string of the molecule is CC(C)(CC(=O)N1CCC(C)(c2ccc(C#N)cc2)C(C)(C)C1)NC(=O)c1ccccc1. The molecule has 5 nitrogen and oxygen atoms in total. The number of benzene rings is 2. The molecule has 1 fully saturated rings. The van der Waals surface area contributed by atoms with Gasteiger partial charge in [-0.15, -0.1) is 0 Å². The highest BCUT2D eigenvalue weighted by atomic mass is 16.2. The van der Waals surface area contributed by atoms with Gasteiger partial charge in [0.05, 0.1) is 11.6 Å². The number of likely N-dealkylation sites (tertiary alicyclic amines) is 1. The molecular weight excluding hydrogens is 398 g/mol. The highest BCUT2D eigenvalue weighted by Gasteiger charge is 2.47. The summed E-state index contributed by atoms with van der Waals surface area (Å²) in [7, 11) is 0. The molecule has 2 aromatic carbocycles. The fourth-order valence-corrected chi connectivity index (χ4v) is 4.59. The van der Waals surface area contributed by atoms with E-state index >= 15 is 0 Å². The highest BCUT2D eigenvalue weighted by Crippen LogP contribution is 2.47. The van der Waals surface area contributed by atoms with Crippen LogP contribution in [0, 0.1) is 16.7 Å². The van der Waals surface area contributed by atoms with E-state index < -0.39 is 5.54 Å². The Morgan fingerprint density at radius 2 is 1.69 bits per heavy atom. The second kappa shape index (κ2) is 8.78. The molecule has 1 unspecified atom stereocenters. The summed E-state index contributed by atoms with van der Waals surface area (Å²) in [6.45, 7) is 11.7. The second-order valence-corrected chi connectivity index (χ2v) is 10.4. The largest absolute Gasteiger partial charge is 0.347 e. The Kier molecular flexibility index (Phi) is 6.46. The molecular formula is C27H33N3O2. The fourth-order valence-electron chi connectivity index (χ4n) is 4.59. The Labute approximate surface area is 191 Å². The van der Waals surface area contributed by atoms with E-state index in [4.69, 9.17) is 5.26 Å². The summed E-state index contributed by atoms with van der Waals surface area (Å²) in [4.78, 5) is 27.7. The highest BCUT2D eigenvalue weighted by molar-refractivity contribution is 5.95. The number of amides is 2. The number of hydrogen-bond acceptors (Lipinski definition) is 3. The van der Waals surface area contributed by atoms with E-state index in [1.54, 1.807) is 12.1 Å². The van der Waals surface area contributed by atoms with E-state index in [-0.39, 0.29) is 29.1 Å². The lowest BCUT2D eigenvalue weighted by Crippen LogP contribution is -2.56. The Bertz CT molecular complexity index is 1020. The van der Waals surface area contributed by atoms with Gasteiger partial charge in [0.25, 0.3) is 5.91 Å². The van der Waals surface area contributed by atoms with Gasteiger partial charge in [0.15, 0.2) is 0 Å². The summed E-state index contributed by atoms with van der Waals surface area (Å²) in [6, 6.07) is 19.1. The van der Waals surface area contributed by atoms with Crippen LogP contribution < -0.4 is 5.32 Å². The molecule has 1 aliphatic heterocycles. The molecule has 1 N–H and O–H groups in total. The van der Waals surface area contributed by atoms with Crippen LogP contribution in [0.3, 0.4) is 0 Å². The van der Waals surface area contributed by atoms with Crippen LogP contribution in [0.2, 0.25) is 0 Å². The third-order valence-corrected chi connectivity index (χ3v) is 7.05. The molecule has 168 valence electrons. The van der Waals surface area contributed by atoms with Crippen LogP contribution >= 0.6 is 0 Å². The first kappa shape index (κ1) is 23.5. The van der Waals surface area contributed by atoms with E-state index in [1.807, 2.05) is 61.2 Å². The summed E-state index contributed by atoms with van der Waals surface area (Å²) in [5.74, 6) is -0.117. The van der Waals surface area contributed by atoms with Crippen molar-refractivity contribution >= 4 is 11.8 Å². The molecule has 1 atom stereocenters. The van der Waals surface area contributed by atoms with Gasteiger partial charge in [0, 0.05) is 36.0 Å². The van der Waals surface area contributed by atoms with Crippen molar-refractivity contribution in [3.63, 3.8) is 0 Å². The molecule has 1 heterocycles. The second-order valence-electron chi connectivity index (χ2n) is 10.4. The van der Waals surface area contributed by atoms with Crippen LogP contribution in [0.4, 0.5) is 0 Å². The normalized spacial score (nSPS) is 20.3. The van der Waals surface area contributed by atoms with E-state index in [0.717, 1.165) is 6.42 Å². The molecule has 1 saturated heterocycles. The molecule has 0 aromatic heterocycles. The Morgan fingerprint density at radius 1 is 1.06 bits per heavy atom. The molecule has 5 heteroatoms. The van der Waals surface area contributed by atoms with E-state index in [2.05, 4.69) is 32.2 Å². The van der Waals surface area contributed by atoms with Crippen molar-refractivity contribution in [1.29, 1.82) is 5.26 Å². The molecule has 0 radical (unpaired) electrons. The predicted molar refractivity (Wildman–Crippen MR) is 126 cm³/mol. The minimum absolute atomic E-state index is 0.0540. The molecule has 1 aliphatic rings. The molecule has 0 spiro atoms. The maximum Gasteiger partial charge on any atom is 0.251 e. The van der Waals surface area contributed by atoms with Crippen molar-refractivity contribution in [3.05, 3.63) is 71.3 Å². The lowest BCUT2D eigenvalue weighted by atomic mass is 9.59. The quantitative estimate of drug-likeness (QED) is 0.747. The van der Waals surface area contributed by atoms with Gasteiger partial charge in [-0.2, -0.15) is 5.26 Å². The Morgan fingerprint density at radius 3 is 2.25 bits per heavy atom. The van der Waals surface area contributed by atoms with Gasteiger partial charge < -0.3 is 10.2 Å². The smallest absolute Gasteiger partial charge is 0.251 e. The van der Waals surface area contributed by atoms with Crippen LogP contribution in [0.1, 0.15) is 68.9 Å². The van der Waals surface area contributed by atoms with Crippen molar-refractivity contribution in [3.8, 4) is 6.07 Å². The van der Waals surface area contributed by atoms with Crippen molar-refractivity contribution in [1.82, 2.24) is 10.2 Å². The summed E-state index contributed by atoms with van der Waals surface area (Å²) >= 11 is 0. The molecule has 3 rings (SSSR count). The van der Waals surface area contributed by atoms with Crippen LogP contribution in [0.15, 0.2) is 54.6 Å². The van der Waals surface area contributed by atoms with Gasteiger partial charge in [0.1, 0.15) is 0 Å². The Balaban J connectivity index is 1.67. The van der Waals surface area contributed by atoms with Gasteiger partial charge in [-0.25, -0.2) is 0 Å². The monoisotopic (exact) mass is 431 g/mol. The lowest BCUT2D eigenvalue weighted by molar-refractivity contribution is -0.137. The third kappa shape index (κ3) is 4.85. The molecule has 0 saturated carbocycles. The number of piperidine rings is 1. The van der Waals surface area contributed by atoms with Gasteiger partial charge in [-0.3, -0.25) is 9.59 Å². The maximum atomic E-state index is 13.2. The van der Waals surface area contributed by atoms with Gasteiger partial charge in [0.2, 0.25) is 5.91 Å². The number of carbonyl (C=O) groups excluding carboxylic acids is 2. The molecule has 0 bridgehead atoms. The molecule has 2 aromatic rings. The standard InChI is InChI=1S/C27H33N3O2/c1-25(2)19-30(16-15-27(25,5)22-13-11-20(18-28)12-14-22)23(31)17-26(3,4)29-24(32)21-9-7-6-8-10-21/h6-14H,15-17,19H2,1-5H3,(H,29,32). The first-order chi connectivity index (χ1) is 15.0. The minimum atomic E-state index is -0.651. The van der Waals surface area contributed by atoms with Crippen LogP contribution in [-0.4, -0.2) is 35.3 Å². The predicted octanol–water partition coefficient (Wildman–Crippen LogP) is 4.67. The zero-order valence-corrected chi connectivity index (χ0v) is 19.7. The first-order valence-corrected chi connectivity index (χ1v) is 11.1. The molecule has 0 aliphatic carbocycles. The summed E-state index contributed by atoms with van der Waals surface area (Å²) in [5, 5.41) is 12.1. The fraction of sp³-hybridized carbons (Fsp3) is 0.444. The van der Waals surface area contributed by atoms with Gasteiger partial charge in [-0.1, -0.05) is 51.1 Å². The first-order valence-electron chi connectivity index (χ1n) is 11.1. The summed E-state index contributed by atoms with van der Waals surface area (Å²) in [5.41, 5.74) is 1.54. The van der Waals surface area contributed by atoms with Gasteiger partial charge in [-0.05, 0) is 55.5 Å². The average molecular weight is 432 g/mol. The Hall–Kier alpha value is -3.13. The topological polar surface area (TPSA) is 73.2 Å². The van der Waals surface area contributed by atoms with Crippen LogP contribution in [-0.2, 0) is 10.2 Å². The maximum absolute atomic E-state index is 13.2. The van der Waals surface area contributed by atoms with Gasteiger partial charge >= 0.3 is 0 Å². The van der Waals surface area contributed by atoms with E-state index in [0.29, 0.717) is 24.2 Å². The number of carbonyl (C=O) groups is 2. The number of nitrogens with zero attached hydrogens (tertiary/aromatic N) is 2. The van der Waals surface area contributed by atoms with Crippen molar-refractivity contribution in [2.24, 2.45) is 5.41 Å². The van der Waals surface area contributed by atoms with E-state index in [1.165, 1.54) is 5.56 Å². The van der Waals surface area contributed by atoms with Crippen LogP contribution in [0.5, 0.6) is 0 Å². The molecule has 2 amide bonds. The number of hydrogen-bond donors (Lipinski definition) is 1. The summed E-state index contributed by atoms with van der Waals surface area (Å²) in [6.07, 6.45) is 1.09. The summed E-state index contributed by atoms with van der Waals surface area (Å²) < 4.78 is 0. The van der Waals surface area contributed by atoms with E-state index in [9.17, 15) is 9.59 Å².